The zero-order valence-corrected chi connectivity index (χ0v) is 23.8. The number of thiazole rings is 1. The summed E-state index contributed by atoms with van der Waals surface area (Å²) in [6, 6.07) is 7.83. The molecule has 3 heterocycles. The highest BCUT2D eigenvalue weighted by Crippen LogP contribution is 2.42. The average Bonchev–Trinajstić information content (AvgIpc) is 3.40. The van der Waals surface area contributed by atoms with E-state index in [1.165, 1.54) is 29.5 Å². The van der Waals surface area contributed by atoms with Gasteiger partial charge in [0.25, 0.3) is 10.0 Å². The van der Waals surface area contributed by atoms with Crippen LogP contribution in [0.15, 0.2) is 53.6 Å². The first-order chi connectivity index (χ1) is 19.6. The Labute approximate surface area is 239 Å². The molecule has 0 unspecified atom stereocenters. The fourth-order valence-corrected chi connectivity index (χ4v) is 6.35. The number of aromatic nitrogens is 3. The molecule has 0 aliphatic carbocycles. The first kappa shape index (κ1) is 28.8. The Hall–Kier alpha value is -3.75. The molecular formula is C27H27F3N6O3S2. The summed E-state index contributed by atoms with van der Waals surface area (Å²) in [7, 11) is -4.66. The second kappa shape index (κ2) is 12.0. The Morgan fingerprint density at radius 1 is 1.07 bits per heavy atom. The molecule has 0 spiro atoms. The lowest BCUT2D eigenvalue weighted by Gasteiger charge is -2.26. The van der Waals surface area contributed by atoms with E-state index in [9.17, 15) is 17.2 Å². The van der Waals surface area contributed by atoms with Crippen LogP contribution in [-0.4, -0.2) is 56.2 Å². The van der Waals surface area contributed by atoms with Gasteiger partial charge in [0.15, 0.2) is 10.9 Å². The first-order valence-electron chi connectivity index (χ1n) is 12.8. The molecule has 1 aliphatic heterocycles. The molecule has 1 fully saturated rings. The second-order valence-electron chi connectivity index (χ2n) is 9.66. The van der Waals surface area contributed by atoms with E-state index < -0.39 is 38.1 Å². The zero-order valence-electron chi connectivity index (χ0n) is 22.2. The average molecular weight is 605 g/mol. The number of halogens is 3. The molecule has 0 bridgehead atoms. The number of nitrogens with one attached hydrogen (secondary N) is 2. The first-order valence-corrected chi connectivity index (χ1v) is 15.1. The van der Waals surface area contributed by atoms with Crippen LogP contribution in [0.2, 0.25) is 0 Å². The third-order valence-corrected chi connectivity index (χ3v) is 8.65. The molecule has 0 radical (unpaired) electrons. The van der Waals surface area contributed by atoms with Crippen molar-refractivity contribution in [3.63, 3.8) is 0 Å². The van der Waals surface area contributed by atoms with Gasteiger partial charge in [0, 0.05) is 31.4 Å². The summed E-state index contributed by atoms with van der Waals surface area (Å²) in [6.45, 7) is 6.99. The van der Waals surface area contributed by atoms with Gasteiger partial charge in [-0.25, -0.2) is 36.5 Å². The summed E-state index contributed by atoms with van der Waals surface area (Å²) >= 11 is 1.32. The number of rotatable bonds is 9. The molecule has 1 aliphatic rings. The van der Waals surface area contributed by atoms with E-state index in [0.29, 0.717) is 72.5 Å². The van der Waals surface area contributed by atoms with Crippen LogP contribution in [0.25, 0.3) is 21.8 Å². The van der Waals surface area contributed by atoms with Gasteiger partial charge in [0.2, 0.25) is 5.95 Å². The fraction of sp³-hybridized carbons (Fsp3) is 0.296. The van der Waals surface area contributed by atoms with Crippen LogP contribution in [0.4, 0.5) is 29.9 Å². The maximum absolute atomic E-state index is 16.0. The molecule has 4 aromatic rings. The molecule has 0 amide bonds. The Bertz CT molecular complexity index is 1660. The fourth-order valence-electron chi connectivity index (χ4n) is 4.10. The number of ether oxygens (including phenoxy) is 1. The minimum absolute atomic E-state index is 0.00553. The molecule has 14 heteroatoms. The quantitative estimate of drug-likeness (QED) is 0.262. The van der Waals surface area contributed by atoms with Crippen molar-refractivity contribution in [2.75, 3.05) is 47.8 Å². The molecule has 9 nitrogen and oxygen atoms in total. The van der Waals surface area contributed by atoms with Gasteiger partial charge >= 0.3 is 0 Å². The summed E-state index contributed by atoms with van der Waals surface area (Å²) < 4.78 is 77.2. The van der Waals surface area contributed by atoms with E-state index in [1.54, 1.807) is 12.3 Å². The summed E-state index contributed by atoms with van der Waals surface area (Å²) in [5.41, 5.74) is 0.317. The molecule has 41 heavy (non-hydrogen) atoms. The van der Waals surface area contributed by atoms with Crippen molar-refractivity contribution in [2.45, 2.75) is 18.7 Å². The lowest BCUT2D eigenvalue weighted by molar-refractivity contribution is 0.122. The van der Waals surface area contributed by atoms with Crippen molar-refractivity contribution in [3.8, 4) is 21.8 Å². The van der Waals surface area contributed by atoms with Crippen LogP contribution in [0.5, 0.6) is 0 Å². The van der Waals surface area contributed by atoms with Gasteiger partial charge in [-0.05, 0) is 42.3 Å². The van der Waals surface area contributed by atoms with E-state index in [1.807, 2.05) is 4.90 Å². The highest BCUT2D eigenvalue weighted by atomic mass is 32.2. The Morgan fingerprint density at radius 2 is 1.85 bits per heavy atom. The minimum Gasteiger partial charge on any atom is -0.378 e. The van der Waals surface area contributed by atoms with Crippen LogP contribution < -0.4 is 14.9 Å². The highest BCUT2D eigenvalue weighted by molar-refractivity contribution is 7.92. The van der Waals surface area contributed by atoms with Crippen molar-refractivity contribution < 1.29 is 26.3 Å². The molecular weight excluding hydrogens is 577 g/mol. The molecule has 0 atom stereocenters. The smallest absolute Gasteiger partial charge is 0.265 e. The van der Waals surface area contributed by atoms with Gasteiger partial charge in [0.05, 0.1) is 35.2 Å². The van der Waals surface area contributed by atoms with Gasteiger partial charge in [-0.2, -0.15) is 0 Å². The summed E-state index contributed by atoms with van der Waals surface area (Å²) in [5, 5.41) is 3.81. The highest BCUT2D eigenvalue weighted by Gasteiger charge is 2.26. The number of anilines is 3. The van der Waals surface area contributed by atoms with E-state index in [4.69, 9.17) is 9.72 Å². The number of hydrogen-bond donors (Lipinski definition) is 2. The third kappa shape index (κ3) is 6.44. The molecule has 2 aromatic carbocycles. The molecule has 5 rings (SSSR count). The van der Waals surface area contributed by atoms with Gasteiger partial charge < -0.3 is 15.0 Å². The Morgan fingerprint density at radius 3 is 2.61 bits per heavy atom. The molecule has 1 saturated heterocycles. The van der Waals surface area contributed by atoms with Crippen molar-refractivity contribution in [1.82, 2.24) is 15.0 Å². The summed E-state index contributed by atoms with van der Waals surface area (Å²) in [4.78, 5) is 15.3. The van der Waals surface area contributed by atoms with Crippen LogP contribution in [-0.2, 0) is 14.8 Å². The Balaban J connectivity index is 1.57. The topological polar surface area (TPSA) is 109 Å². The third-order valence-electron chi connectivity index (χ3n) is 6.14. The Kier molecular flexibility index (Phi) is 8.42. The van der Waals surface area contributed by atoms with Gasteiger partial charge in [0.1, 0.15) is 16.5 Å². The van der Waals surface area contributed by atoms with Gasteiger partial charge in [-0.3, -0.25) is 4.72 Å². The summed E-state index contributed by atoms with van der Waals surface area (Å²) in [6.07, 6.45) is 1.59. The van der Waals surface area contributed by atoms with Gasteiger partial charge in [-0.1, -0.05) is 31.3 Å². The number of morpholine rings is 1. The summed E-state index contributed by atoms with van der Waals surface area (Å²) in [5.74, 6) is -2.28. The van der Waals surface area contributed by atoms with Crippen molar-refractivity contribution in [2.24, 2.45) is 5.92 Å². The van der Waals surface area contributed by atoms with Crippen LogP contribution in [0.3, 0.4) is 0 Å². The molecule has 2 N–H and O–H groups in total. The maximum atomic E-state index is 16.0. The van der Waals surface area contributed by atoms with Crippen LogP contribution in [0.1, 0.15) is 13.8 Å². The van der Waals surface area contributed by atoms with E-state index in [2.05, 4.69) is 33.9 Å². The lowest BCUT2D eigenvalue weighted by atomic mass is 10.1. The molecule has 216 valence electrons. The predicted octanol–water partition coefficient (Wildman–Crippen LogP) is 5.39. The second-order valence-corrected chi connectivity index (χ2v) is 12.3. The number of sulfonamides is 1. The number of benzene rings is 2. The van der Waals surface area contributed by atoms with Crippen LogP contribution in [0, 0.1) is 23.4 Å². The number of nitrogens with zero attached hydrogens (tertiary/aromatic N) is 4. The SMILES string of the molecule is CC(C)CNc1nccc(-c2sc(N3CCOCC3)nc2-c2cccc(NS(=O)(=O)c3cc(F)ccc3F)c2F)n1. The standard InChI is InChI=1S/C27H27F3N6O3S2/c1-16(2)15-32-26-31-9-8-21(33-26)25-24(34-27(40-25)36-10-12-39-13-11-36)18-4-3-5-20(23(18)30)35-41(37,38)22-14-17(28)6-7-19(22)29/h3-9,14,16,35H,10-13,15H2,1-2H3,(H,31,32,33). The normalized spacial score (nSPS) is 14.0. The lowest BCUT2D eigenvalue weighted by Crippen LogP contribution is -2.36. The zero-order chi connectivity index (χ0) is 29.1. The largest absolute Gasteiger partial charge is 0.378 e. The van der Waals surface area contributed by atoms with E-state index in [-0.39, 0.29) is 11.3 Å². The van der Waals surface area contributed by atoms with Crippen molar-refractivity contribution >= 4 is 38.1 Å². The molecule has 0 saturated carbocycles. The van der Waals surface area contributed by atoms with Gasteiger partial charge in [-0.15, -0.1) is 0 Å². The predicted molar refractivity (Wildman–Crippen MR) is 152 cm³/mol. The molecule has 2 aromatic heterocycles. The van der Waals surface area contributed by atoms with Crippen molar-refractivity contribution in [3.05, 3.63) is 66.1 Å². The minimum atomic E-state index is -4.66. The van der Waals surface area contributed by atoms with E-state index >= 15 is 4.39 Å². The number of hydrogen-bond acceptors (Lipinski definition) is 9. The maximum Gasteiger partial charge on any atom is 0.265 e. The van der Waals surface area contributed by atoms with E-state index in [0.717, 1.165) is 6.07 Å². The van der Waals surface area contributed by atoms with Crippen molar-refractivity contribution in [1.29, 1.82) is 0 Å². The monoisotopic (exact) mass is 604 g/mol. The van der Waals surface area contributed by atoms with Crippen LogP contribution >= 0.6 is 11.3 Å².